The molecule has 6 nitrogen and oxygen atoms in total. The molecule has 1 rings (SSSR count). The fraction of sp³-hybridized carbons (Fsp3) is 0.529. The smallest absolute Gasteiger partial charge is 0.305 e. The molecular formula is C17H25NO5. The van der Waals surface area contributed by atoms with Crippen LogP contribution in [-0.4, -0.2) is 31.3 Å². The maximum atomic E-state index is 12.0. The molecular weight excluding hydrogens is 298 g/mol. The molecule has 0 atom stereocenters. The Bertz CT molecular complexity index is 586. The number of ether oxygens (including phenoxy) is 2. The predicted molar refractivity (Wildman–Crippen MR) is 89.3 cm³/mol. The largest absolute Gasteiger partial charge is 0.504 e. The van der Waals surface area contributed by atoms with Crippen molar-refractivity contribution in [3.8, 4) is 11.5 Å². The summed E-state index contributed by atoms with van der Waals surface area (Å²) >= 11 is 0. The highest BCUT2D eigenvalue weighted by molar-refractivity contribution is 5.69. The van der Waals surface area contributed by atoms with E-state index >= 15 is 0 Å². The van der Waals surface area contributed by atoms with Gasteiger partial charge in [0.2, 0.25) is 0 Å². The fourth-order valence-electron chi connectivity index (χ4n) is 2.04. The highest BCUT2D eigenvalue weighted by Gasteiger charge is 2.09. The van der Waals surface area contributed by atoms with Gasteiger partial charge >= 0.3 is 5.97 Å². The van der Waals surface area contributed by atoms with Gasteiger partial charge in [0.05, 0.1) is 13.7 Å². The minimum absolute atomic E-state index is 0.103. The Hall–Kier alpha value is -2.24. The molecule has 0 unspecified atom stereocenters. The van der Waals surface area contributed by atoms with Crippen LogP contribution >= 0.6 is 0 Å². The van der Waals surface area contributed by atoms with Crippen molar-refractivity contribution < 1.29 is 19.4 Å². The SMILES string of the molecule is CCCCOC(=O)CCCNc1cc(O)c(OC)c(C)c(=O)c1. The van der Waals surface area contributed by atoms with Crippen molar-refractivity contribution in [2.24, 2.45) is 0 Å². The van der Waals surface area contributed by atoms with E-state index in [0.717, 1.165) is 12.8 Å². The number of aromatic hydroxyl groups is 1. The van der Waals surface area contributed by atoms with Crippen LogP contribution in [0.5, 0.6) is 11.5 Å². The van der Waals surface area contributed by atoms with Crippen molar-refractivity contribution in [3.63, 3.8) is 0 Å². The molecule has 0 aliphatic rings. The predicted octanol–water partition coefficient (Wildman–Crippen LogP) is 2.60. The summed E-state index contributed by atoms with van der Waals surface area (Å²) in [5.74, 6) is -0.153. The second-order valence-electron chi connectivity index (χ2n) is 5.26. The first-order valence-electron chi connectivity index (χ1n) is 7.81. The summed E-state index contributed by atoms with van der Waals surface area (Å²) in [6.45, 7) is 4.59. The minimum Gasteiger partial charge on any atom is -0.504 e. The Labute approximate surface area is 136 Å². The number of hydrogen-bond donors (Lipinski definition) is 2. The van der Waals surface area contributed by atoms with E-state index in [1.54, 1.807) is 6.92 Å². The maximum absolute atomic E-state index is 12.0. The van der Waals surface area contributed by atoms with Gasteiger partial charge in [-0.2, -0.15) is 0 Å². The summed E-state index contributed by atoms with van der Waals surface area (Å²) in [7, 11) is 1.40. The van der Waals surface area contributed by atoms with E-state index in [4.69, 9.17) is 9.47 Å². The molecule has 0 bridgehead atoms. The highest BCUT2D eigenvalue weighted by Crippen LogP contribution is 2.28. The van der Waals surface area contributed by atoms with Crippen molar-refractivity contribution >= 4 is 11.7 Å². The van der Waals surface area contributed by atoms with Crippen LogP contribution in [0, 0.1) is 6.92 Å². The molecule has 6 heteroatoms. The first-order chi connectivity index (χ1) is 11.0. The average molecular weight is 323 g/mol. The molecule has 23 heavy (non-hydrogen) atoms. The Morgan fingerprint density at radius 1 is 1.30 bits per heavy atom. The summed E-state index contributed by atoms with van der Waals surface area (Å²) in [4.78, 5) is 23.4. The van der Waals surface area contributed by atoms with Crippen LogP contribution in [0.2, 0.25) is 0 Å². The van der Waals surface area contributed by atoms with Gasteiger partial charge in [-0.3, -0.25) is 9.59 Å². The summed E-state index contributed by atoms with van der Waals surface area (Å²) in [6.07, 6.45) is 2.75. The molecule has 0 spiro atoms. The number of carbonyl (C=O) groups excluding carboxylic acids is 1. The van der Waals surface area contributed by atoms with Crippen LogP contribution in [0.1, 0.15) is 38.2 Å². The van der Waals surface area contributed by atoms with E-state index in [0.29, 0.717) is 37.2 Å². The summed E-state index contributed by atoms with van der Waals surface area (Å²) in [6, 6.07) is 2.84. The van der Waals surface area contributed by atoms with Crippen molar-refractivity contribution in [1.29, 1.82) is 0 Å². The Kier molecular flexibility index (Phi) is 7.94. The van der Waals surface area contributed by atoms with Crippen LogP contribution < -0.4 is 15.5 Å². The topological polar surface area (TPSA) is 84.9 Å². The number of carbonyl (C=O) groups is 1. The van der Waals surface area contributed by atoms with Gasteiger partial charge in [-0.1, -0.05) is 13.3 Å². The Morgan fingerprint density at radius 2 is 2.04 bits per heavy atom. The maximum Gasteiger partial charge on any atom is 0.305 e. The number of rotatable bonds is 9. The normalized spacial score (nSPS) is 10.2. The number of unbranched alkanes of at least 4 members (excludes halogenated alkanes) is 1. The van der Waals surface area contributed by atoms with Crippen LogP contribution in [0.15, 0.2) is 16.9 Å². The van der Waals surface area contributed by atoms with Crippen molar-refractivity contribution in [2.45, 2.75) is 39.5 Å². The number of methoxy groups -OCH3 is 1. The lowest BCUT2D eigenvalue weighted by atomic mass is 10.3. The molecule has 0 amide bonds. The van der Waals surface area contributed by atoms with Crippen LogP contribution in [0.4, 0.5) is 5.69 Å². The quantitative estimate of drug-likeness (QED) is 0.537. The van der Waals surface area contributed by atoms with Crippen LogP contribution in [-0.2, 0) is 9.53 Å². The van der Waals surface area contributed by atoms with Gasteiger partial charge in [0.1, 0.15) is 0 Å². The van der Waals surface area contributed by atoms with E-state index in [1.807, 2.05) is 6.92 Å². The van der Waals surface area contributed by atoms with Gasteiger partial charge in [0, 0.05) is 36.3 Å². The Morgan fingerprint density at radius 3 is 2.70 bits per heavy atom. The molecule has 0 aliphatic heterocycles. The summed E-state index contributed by atoms with van der Waals surface area (Å²) in [5.41, 5.74) is 0.597. The lowest BCUT2D eigenvalue weighted by molar-refractivity contribution is -0.143. The van der Waals surface area contributed by atoms with Crippen LogP contribution in [0.3, 0.4) is 0 Å². The third-order valence-electron chi connectivity index (χ3n) is 3.37. The first-order valence-corrected chi connectivity index (χ1v) is 7.81. The van der Waals surface area contributed by atoms with Gasteiger partial charge in [0.15, 0.2) is 16.9 Å². The number of esters is 1. The lowest BCUT2D eigenvalue weighted by Crippen LogP contribution is -2.09. The summed E-state index contributed by atoms with van der Waals surface area (Å²) < 4.78 is 10.1. The van der Waals surface area contributed by atoms with Gasteiger partial charge < -0.3 is 19.9 Å². The standard InChI is InChI=1S/C17H25NO5/c1-4-5-9-23-16(21)7-6-8-18-13-10-14(19)12(2)17(22-3)15(20)11-13/h10-11,18,20H,4-9H2,1-3H3. The van der Waals surface area contributed by atoms with Gasteiger partial charge in [0.25, 0.3) is 0 Å². The molecule has 0 radical (unpaired) electrons. The molecule has 0 saturated heterocycles. The second kappa shape index (κ2) is 9.71. The molecule has 0 saturated carbocycles. The monoisotopic (exact) mass is 323 g/mol. The highest BCUT2D eigenvalue weighted by atomic mass is 16.5. The molecule has 1 aromatic rings. The molecule has 1 aromatic carbocycles. The van der Waals surface area contributed by atoms with Crippen molar-refractivity contribution in [1.82, 2.24) is 0 Å². The zero-order valence-electron chi connectivity index (χ0n) is 14.0. The second-order valence-corrected chi connectivity index (χ2v) is 5.26. The van der Waals surface area contributed by atoms with E-state index in [1.165, 1.54) is 19.2 Å². The summed E-state index contributed by atoms with van der Waals surface area (Å²) in [5, 5.41) is 13.0. The number of nitrogens with one attached hydrogen (secondary N) is 1. The third-order valence-corrected chi connectivity index (χ3v) is 3.37. The minimum atomic E-state index is -0.233. The van der Waals surface area contributed by atoms with Crippen molar-refractivity contribution in [2.75, 3.05) is 25.6 Å². The van der Waals surface area contributed by atoms with Crippen LogP contribution in [0.25, 0.3) is 0 Å². The average Bonchev–Trinajstić information content (AvgIpc) is 2.61. The molecule has 0 heterocycles. The third kappa shape index (κ3) is 6.18. The van der Waals surface area contributed by atoms with E-state index in [-0.39, 0.29) is 22.9 Å². The van der Waals surface area contributed by atoms with Gasteiger partial charge in [-0.15, -0.1) is 0 Å². The van der Waals surface area contributed by atoms with E-state index in [2.05, 4.69) is 5.32 Å². The lowest BCUT2D eigenvalue weighted by Gasteiger charge is -2.06. The van der Waals surface area contributed by atoms with Gasteiger partial charge in [-0.05, 0) is 19.8 Å². The van der Waals surface area contributed by atoms with Gasteiger partial charge in [-0.25, -0.2) is 0 Å². The molecule has 128 valence electrons. The van der Waals surface area contributed by atoms with Crippen molar-refractivity contribution in [3.05, 3.63) is 27.9 Å². The molecule has 0 aliphatic carbocycles. The molecule has 0 fully saturated rings. The molecule has 0 aromatic heterocycles. The van der Waals surface area contributed by atoms with E-state index < -0.39 is 0 Å². The number of anilines is 1. The van der Waals surface area contributed by atoms with E-state index in [9.17, 15) is 14.7 Å². The Balaban J connectivity index is 2.55. The first kappa shape index (κ1) is 18.8. The zero-order valence-corrected chi connectivity index (χ0v) is 14.0. The fourth-order valence-corrected chi connectivity index (χ4v) is 2.04. The zero-order chi connectivity index (χ0) is 17.2. The number of hydrogen-bond acceptors (Lipinski definition) is 6. The molecule has 2 N–H and O–H groups in total.